The molecule has 1 N–H and O–H groups in total. The molecule has 9 heteroatoms. The second-order valence-electron chi connectivity index (χ2n) is 5.66. The molecule has 2 aromatic rings. The first-order chi connectivity index (χ1) is 12.4. The molecule has 3 rings (SSSR count). The minimum Gasteiger partial charge on any atom is -0.378 e. The average Bonchev–Trinajstić information content (AvgIpc) is 2.64. The third-order valence-electron chi connectivity index (χ3n) is 3.88. The molecule has 26 heavy (non-hydrogen) atoms. The summed E-state index contributed by atoms with van der Waals surface area (Å²) >= 11 is 6.07. The number of amides is 1. The van der Waals surface area contributed by atoms with Gasteiger partial charge in [-0.1, -0.05) is 11.6 Å². The average molecular weight is 399 g/mol. The zero-order valence-electron chi connectivity index (χ0n) is 13.6. The van der Waals surface area contributed by atoms with Gasteiger partial charge in [0, 0.05) is 18.7 Å². The van der Waals surface area contributed by atoms with Gasteiger partial charge < -0.3 is 9.64 Å². The molecule has 1 amide bonds. The summed E-state index contributed by atoms with van der Waals surface area (Å²) in [5, 5.41) is 0.147. The number of anilines is 1. The molecular formula is C17H16ClFN2O4S. The van der Waals surface area contributed by atoms with Gasteiger partial charge in [-0.15, -0.1) is 0 Å². The second kappa shape index (κ2) is 7.61. The fourth-order valence-electron chi connectivity index (χ4n) is 2.50. The van der Waals surface area contributed by atoms with Gasteiger partial charge in [-0.25, -0.2) is 12.8 Å². The van der Waals surface area contributed by atoms with Gasteiger partial charge in [0.1, 0.15) is 5.82 Å². The van der Waals surface area contributed by atoms with E-state index in [1.807, 2.05) is 0 Å². The summed E-state index contributed by atoms with van der Waals surface area (Å²) in [6, 6.07) is 8.78. The van der Waals surface area contributed by atoms with Gasteiger partial charge in [-0.05, 0) is 42.5 Å². The summed E-state index contributed by atoms with van der Waals surface area (Å²) < 4.78 is 45.4. The fourth-order valence-corrected chi connectivity index (χ4v) is 3.79. The Balaban J connectivity index is 1.85. The van der Waals surface area contributed by atoms with Crippen molar-refractivity contribution in [1.29, 1.82) is 0 Å². The van der Waals surface area contributed by atoms with E-state index in [1.54, 1.807) is 4.90 Å². The second-order valence-corrected chi connectivity index (χ2v) is 7.75. The lowest BCUT2D eigenvalue weighted by Gasteiger charge is -2.27. The van der Waals surface area contributed by atoms with E-state index in [2.05, 4.69) is 4.72 Å². The van der Waals surface area contributed by atoms with Gasteiger partial charge in [0.05, 0.1) is 28.8 Å². The number of carbonyl (C=O) groups excluding carboxylic acids is 1. The van der Waals surface area contributed by atoms with Crippen molar-refractivity contribution in [2.45, 2.75) is 4.90 Å². The summed E-state index contributed by atoms with van der Waals surface area (Å²) in [5.74, 6) is -0.771. The molecule has 0 bridgehead atoms. The molecule has 1 heterocycles. The van der Waals surface area contributed by atoms with Gasteiger partial charge in [-0.3, -0.25) is 9.52 Å². The number of ether oxygens (including phenoxy) is 1. The van der Waals surface area contributed by atoms with Crippen molar-refractivity contribution in [3.63, 3.8) is 0 Å². The van der Waals surface area contributed by atoms with Crippen LogP contribution in [0.2, 0.25) is 5.02 Å². The zero-order valence-corrected chi connectivity index (χ0v) is 15.2. The van der Waals surface area contributed by atoms with Crippen LogP contribution in [0.25, 0.3) is 0 Å². The molecule has 0 radical (unpaired) electrons. The first kappa shape index (κ1) is 18.6. The molecule has 0 unspecified atom stereocenters. The van der Waals surface area contributed by atoms with Crippen molar-refractivity contribution >= 4 is 33.2 Å². The third kappa shape index (κ3) is 4.14. The maximum absolute atomic E-state index is 13.0. The number of hydrogen-bond acceptors (Lipinski definition) is 4. The minimum absolute atomic E-state index is 0.0788. The number of morpholine rings is 1. The Morgan fingerprint density at radius 2 is 1.77 bits per heavy atom. The molecule has 0 saturated carbocycles. The van der Waals surface area contributed by atoms with E-state index >= 15 is 0 Å². The summed E-state index contributed by atoms with van der Waals surface area (Å²) in [6.07, 6.45) is 0. The normalized spacial score (nSPS) is 14.9. The number of nitrogens with zero attached hydrogens (tertiary/aromatic N) is 1. The van der Waals surface area contributed by atoms with Crippen LogP contribution in [-0.2, 0) is 14.8 Å². The number of benzene rings is 2. The molecule has 1 aliphatic rings. The van der Waals surface area contributed by atoms with E-state index in [1.165, 1.54) is 18.2 Å². The highest BCUT2D eigenvalue weighted by Crippen LogP contribution is 2.26. The molecule has 1 fully saturated rings. The fraction of sp³-hybridized carbons (Fsp3) is 0.235. The molecule has 138 valence electrons. The Kier molecular flexibility index (Phi) is 5.45. The summed E-state index contributed by atoms with van der Waals surface area (Å²) in [4.78, 5) is 14.1. The van der Waals surface area contributed by atoms with Gasteiger partial charge in [0.15, 0.2) is 0 Å². The highest BCUT2D eigenvalue weighted by atomic mass is 35.5. The van der Waals surface area contributed by atoms with E-state index in [4.69, 9.17) is 16.3 Å². The molecule has 6 nitrogen and oxygen atoms in total. The molecule has 0 aliphatic carbocycles. The maximum atomic E-state index is 13.0. The Morgan fingerprint density at radius 3 is 2.42 bits per heavy atom. The quantitative estimate of drug-likeness (QED) is 0.859. The van der Waals surface area contributed by atoms with Crippen LogP contribution in [0.3, 0.4) is 0 Å². The highest BCUT2D eigenvalue weighted by Gasteiger charge is 2.21. The van der Waals surface area contributed by atoms with E-state index in [9.17, 15) is 17.6 Å². The van der Waals surface area contributed by atoms with Gasteiger partial charge in [0.2, 0.25) is 0 Å². The number of sulfonamides is 1. The predicted octanol–water partition coefficient (Wildman–Crippen LogP) is 2.75. The van der Waals surface area contributed by atoms with Crippen LogP contribution >= 0.6 is 11.6 Å². The van der Waals surface area contributed by atoms with Crippen LogP contribution in [0.15, 0.2) is 47.4 Å². The number of hydrogen-bond donors (Lipinski definition) is 1. The lowest BCUT2D eigenvalue weighted by Crippen LogP contribution is -2.40. The van der Waals surface area contributed by atoms with Gasteiger partial charge in [-0.2, -0.15) is 0 Å². The smallest absolute Gasteiger partial charge is 0.261 e. The van der Waals surface area contributed by atoms with Crippen molar-refractivity contribution in [1.82, 2.24) is 4.90 Å². The molecule has 2 aromatic carbocycles. The predicted molar refractivity (Wildman–Crippen MR) is 95.4 cm³/mol. The first-order valence-corrected chi connectivity index (χ1v) is 9.68. The standard InChI is InChI=1S/C17H16ClFN2O4S/c18-15-6-1-12(17(22)21-7-9-25-10-8-21)11-16(15)20-26(23,24)14-4-2-13(19)3-5-14/h1-6,11,20H,7-10H2. The zero-order chi connectivity index (χ0) is 18.7. The van der Waals surface area contributed by atoms with Crippen LogP contribution in [0.1, 0.15) is 10.4 Å². The van der Waals surface area contributed by atoms with Crippen LogP contribution in [-0.4, -0.2) is 45.5 Å². The van der Waals surface area contributed by atoms with Crippen molar-refractivity contribution in [3.05, 3.63) is 58.9 Å². The first-order valence-electron chi connectivity index (χ1n) is 7.82. The van der Waals surface area contributed by atoms with Crippen LogP contribution in [0.5, 0.6) is 0 Å². The molecular weight excluding hydrogens is 383 g/mol. The lowest BCUT2D eigenvalue weighted by molar-refractivity contribution is 0.0303. The summed E-state index contributed by atoms with van der Waals surface area (Å²) in [6.45, 7) is 1.86. The van der Waals surface area contributed by atoms with Crippen molar-refractivity contribution in [3.8, 4) is 0 Å². The molecule has 0 aromatic heterocycles. The van der Waals surface area contributed by atoms with Crippen molar-refractivity contribution in [2.24, 2.45) is 0 Å². The minimum atomic E-state index is -3.97. The van der Waals surface area contributed by atoms with E-state index in [0.29, 0.717) is 31.9 Å². The Hall–Kier alpha value is -2.16. The number of rotatable bonds is 4. The van der Waals surface area contributed by atoms with E-state index < -0.39 is 15.8 Å². The van der Waals surface area contributed by atoms with Gasteiger partial charge >= 0.3 is 0 Å². The van der Waals surface area contributed by atoms with Crippen LogP contribution in [0.4, 0.5) is 10.1 Å². The number of carbonyl (C=O) groups is 1. The molecule has 0 atom stereocenters. The lowest BCUT2D eigenvalue weighted by atomic mass is 10.1. The highest BCUT2D eigenvalue weighted by molar-refractivity contribution is 7.92. The van der Waals surface area contributed by atoms with Crippen LogP contribution < -0.4 is 4.72 Å². The molecule has 0 spiro atoms. The van der Waals surface area contributed by atoms with Crippen molar-refractivity contribution < 1.29 is 22.3 Å². The Labute approximate surface area is 155 Å². The van der Waals surface area contributed by atoms with E-state index in [-0.39, 0.29) is 21.5 Å². The SMILES string of the molecule is O=C(c1ccc(Cl)c(NS(=O)(=O)c2ccc(F)cc2)c1)N1CCOCC1. The maximum Gasteiger partial charge on any atom is 0.261 e. The Morgan fingerprint density at radius 1 is 1.12 bits per heavy atom. The summed E-state index contributed by atoms with van der Waals surface area (Å²) in [5.41, 5.74) is 0.392. The molecule has 1 aliphatic heterocycles. The largest absolute Gasteiger partial charge is 0.378 e. The third-order valence-corrected chi connectivity index (χ3v) is 5.59. The summed E-state index contributed by atoms with van der Waals surface area (Å²) in [7, 11) is -3.97. The van der Waals surface area contributed by atoms with Crippen LogP contribution in [0, 0.1) is 5.82 Å². The topological polar surface area (TPSA) is 75.7 Å². The van der Waals surface area contributed by atoms with E-state index in [0.717, 1.165) is 24.3 Å². The molecule has 1 saturated heterocycles. The number of nitrogens with one attached hydrogen (secondary N) is 1. The monoisotopic (exact) mass is 398 g/mol. The Bertz CT molecular complexity index is 913. The number of halogens is 2. The van der Waals surface area contributed by atoms with Gasteiger partial charge in [0.25, 0.3) is 15.9 Å². The van der Waals surface area contributed by atoms with Crippen molar-refractivity contribution in [2.75, 3.05) is 31.0 Å².